The van der Waals surface area contributed by atoms with E-state index in [1.807, 2.05) is 0 Å². The number of allylic oxidation sites excluding steroid dienone is 1. The number of likely N-dealkylation sites (N-methyl/N-ethyl adjacent to an activating group) is 1. The van der Waals surface area contributed by atoms with E-state index in [4.69, 9.17) is 0 Å². The van der Waals surface area contributed by atoms with Crippen LogP contribution in [0, 0.1) is 11.6 Å². The molecule has 16 heteroatoms. The number of alkyl carbamates (subject to hydrolysis) is 1. The van der Waals surface area contributed by atoms with Gasteiger partial charge < -0.3 is 29.8 Å². The molecule has 3 N–H and O–H groups in total. The number of aryl methyl sites for hydroxylation is 1. The van der Waals surface area contributed by atoms with Crippen LogP contribution >= 0.6 is 0 Å². The molecule has 0 saturated heterocycles. The number of hydrogen-bond acceptors (Lipinski definition) is 6. The lowest BCUT2D eigenvalue weighted by atomic mass is 10.1. The van der Waals surface area contributed by atoms with E-state index in [0.29, 0.717) is 0 Å². The standard InChI is InChI=1S/C27H29F5N6O5/c1-37(2)21(39)9-5-4-7-17(35-26(42)43-3)24(40)34-18-8-6-12-38(25(18)41)14-20-33-19-13-16(28)22(29)15(23(19)36-20)10-11-27(30,31)32/h5-6,8-9,12-13,17H,4,7,10-11,14H2,1-3H3,(H,33,36)(H,34,40)(H,35,42)/b9-5+. The molecule has 1 atom stereocenters. The quantitative estimate of drug-likeness (QED) is 0.223. The molecule has 43 heavy (non-hydrogen) atoms. The molecule has 0 aliphatic carbocycles. The second kappa shape index (κ2) is 13.9. The first kappa shape index (κ1) is 32.8. The minimum absolute atomic E-state index is 0.0168. The maximum absolute atomic E-state index is 14.4. The Kier molecular flexibility index (Phi) is 10.6. The van der Waals surface area contributed by atoms with E-state index < -0.39 is 59.8 Å². The third-order valence-electron chi connectivity index (χ3n) is 6.19. The number of benzene rings is 1. The van der Waals surface area contributed by atoms with Gasteiger partial charge in [0.2, 0.25) is 11.8 Å². The summed E-state index contributed by atoms with van der Waals surface area (Å²) in [4.78, 5) is 57.7. The van der Waals surface area contributed by atoms with Gasteiger partial charge in [-0.25, -0.2) is 18.6 Å². The molecule has 3 amide bonds. The smallest absolute Gasteiger partial charge is 0.407 e. The summed E-state index contributed by atoms with van der Waals surface area (Å²) in [5.41, 5.74) is -1.69. The van der Waals surface area contributed by atoms with Crippen molar-refractivity contribution in [3.63, 3.8) is 0 Å². The molecule has 0 spiro atoms. The number of imidazole rings is 1. The number of pyridine rings is 1. The van der Waals surface area contributed by atoms with E-state index in [1.165, 1.54) is 35.4 Å². The van der Waals surface area contributed by atoms with Crippen molar-refractivity contribution in [3.8, 4) is 0 Å². The summed E-state index contributed by atoms with van der Waals surface area (Å²) in [7, 11) is 4.24. The van der Waals surface area contributed by atoms with Crippen molar-refractivity contribution in [2.75, 3.05) is 26.5 Å². The van der Waals surface area contributed by atoms with Crippen molar-refractivity contribution < 1.29 is 41.1 Å². The fraction of sp³-hybridized carbons (Fsp3) is 0.370. The minimum Gasteiger partial charge on any atom is -0.453 e. The van der Waals surface area contributed by atoms with Gasteiger partial charge in [0.15, 0.2) is 11.6 Å². The molecular formula is C27H29F5N6O5. The average Bonchev–Trinajstić information content (AvgIpc) is 3.33. The van der Waals surface area contributed by atoms with E-state index in [0.717, 1.165) is 17.7 Å². The van der Waals surface area contributed by atoms with Crippen LogP contribution in [0.2, 0.25) is 0 Å². The highest BCUT2D eigenvalue weighted by Gasteiger charge is 2.29. The van der Waals surface area contributed by atoms with Gasteiger partial charge in [0, 0.05) is 38.3 Å². The minimum atomic E-state index is -4.60. The molecule has 232 valence electrons. The number of H-pyrrole nitrogens is 1. The summed E-state index contributed by atoms with van der Waals surface area (Å²) >= 11 is 0. The van der Waals surface area contributed by atoms with E-state index in [1.54, 1.807) is 14.1 Å². The van der Waals surface area contributed by atoms with Crippen LogP contribution in [0.4, 0.5) is 32.4 Å². The number of rotatable bonds is 11. The summed E-state index contributed by atoms with van der Waals surface area (Å²) in [5.74, 6) is -3.80. The Morgan fingerprint density at radius 1 is 1.23 bits per heavy atom. The summed E-state index contributed by atoms with van der Waals surface area (Å²) in [6, 6.07) is 2.35. The second-order valence-electron chi connectivity index (χ2n) is 9.59. The molecule has 3 rings (SSSR count). The van der Waals surface area contributed by atoms with Gasteiger partial charge in [-0.05, 0) is 37.5 Å². The number of nitrogens with one attached hydrogen (secondary N) is 3. The Bertz CT molecular complexity index is 1580. The molecule has 2 aromatic heterocycles. The number of carbonyl (C=O) groups is 3. The fourth-order valence-electron chi connectivity index (χ4n) is 3.98. The maximum atomic E-state index is 14.4. The number of amides is 3. The lowest BCUT2D eigenvalue weighted by molar-refractivity contribution is -0.134. The van der Waals surface area contributed by atoms with Gasteiger partial charge in [0.05, 0.1) is 24.7 Å². The molecule has 1 unspecified atom stereocenters. The van der Waals surface area contributed by atoms with E-state index in [2.05, 4.69) is 25.3 Å². The predicted molar refractivity (Wildman–Crippen MR) is 145 cm³/mol. The van der Waals surface area contributed by atoms with Crippen molar-refractivity contribution in [2.24, 2.45) is 0 Å². The van der Waals surface area contributed by atoms with Crippen molar-refractivity contribution in [3.05, 3.63) is 69.9 Å². The van der Waals surface area contributed by atoms with Gasteiger partial charge in [-0.3, -0.25) is 14.4 Å². The Labute approximate surface area is 241 Å². The normalized spacial score (nSPS) is 12.4. The van der Waals surface area contributed by atoms with Crippen LogP contribution in [0.15, 0.2) is 41.3 Å². The summed E-state index contributed by atoms with van der Waals surface area (Å²) < 4.78 is 72.4. The lowest BCUT2D eigenvalue weighted by Gasteiger charge is -2.17. The number of nitrogens with zero attached hydrogens (tertiary/aromatic N) is 3. The Balaban J connectivity index is 1.81. The zero-order valence-electron chi connectivity index (χ0n) is 23.3. The third kappa shape index (κ3) is 8.86. The second-order valence-corrected chi connectivity index (χ2v) is 9.59. The number of halogens is 5. The highest BCUT2D eigenvalue weighted by Crippen LogP contribution is 2.28. The molecule has 11 nitrogen and oxygen atoms in total. The van der Waals surface area contributed by atoms with Crippen LogP contribution in [-0.4, -0.2) is 70.8 Å². The number of fused-ring (bicyclic) bond motifs is 1. The first-order valence-electron chi connectivity index (χ1n) is 12.8. The molecular weight excluding hydrogens is 583 g/mol. The maximum Gasteiger partial charge on any atom is 0.407 e. The highest BCUT2D eigenvalue weighted by atomic mass is 19.4. The van der Waals surface area contributed by atoms with E-state index in [9.17, 15) is 41.1 Å². The van der Waals surface area contributed by atoms with Crippen LogP contribution in [0.25, 0.3) is 11.0 Å². The predicted octanol–water partition coefficient (Wildman–Crippen LogP) is 3.63. The van der Waals surface area contributed by atoms with Gasteiger partial charge in [0.25, 0.3) is 5.56 Å². The molecule has 0 saturated carbocycles. The molecule has 0 fully saturated rings. The van der Waals surface area contributed by atoms with Crippen molar-refractivity contribution >= 4 is 34.6 Å². The largest absolute Gasteiger partial charge is 0.453 e. The molecule has 3 aromatic rings. The van der Waals surface area contributed by atoms with Crippen LogP contribution in [0.5, 0.6) is 0 Å². The number of carbonyl (C=O) groups excluding carboxylic acids is 3. The zero-order chi connectivity index (χ0) is 31.9. The first-order valence-corrected chi connectivity index (χ1v) is 12.8. The Morgan fingerprint density at radius 3 is 2.60 bits per heavy atom. The molecule has 0 aliphatic rings. The van der Waals surface area contributed by atoms with Crippen LogP contribution < -0.4 is 16.2 Å². The lowest BCUT2D eigenvalue weighted by Crippen LogP contribution is -2.44. The molecule has 1 aromatic carbocycles. The van der Waals surface area contributed by atoms with Gasteiger partial charge in [0.1, 0.15) is 17.6 Å². The molecule has 2 heterocycles. The summed E-state index contributed by atoms with van der Waals surface area (Å²) in [6.07, 6.45) is -3.27. The van der Waals surface area contributed by atoms with Crippen molar-refractivity contribution in [1.29, 1.82) is 0 Å². The number of anilines is 1. The molecule has 0 aliphatic heterocycles. The van der Waals surface area contributed by atoms with Crippen LogP contribution in [0.1, 0.15) is 30.7 Å². The number of alkyl halides is 3. The van der Waals surface area contributed by atoms with E-state index >= 15 is 0 Å². The number of ether oxygens (including phenoxy) is 1. The van der Waals surface area contributed by atoms with Crippen LogP contribution in [0.3, 0.4) is 0 Å². The van der Waals surface area contributed by atoms with Crippen molar-refractivity contribution in [1.82, 2.24) is 24.8 Å². The SMILES string of the molecule is COC(=O)NC(CC/C=C/C(=O)N(C)C)C(=O)Nc1cccn(Cc2nc3c(CCC(F)(F)F)c(F)c(F)cc3[nH]2)c1=O. The molecule has 0 bridgehead atoms. The number of hydrogen-bond donors (Lipinski definition) is 3. The Hall–Kier alpha value is -4.76. The first-order chi connectivity index (χ1) is 20.2. The van der Waals surface area contributed by atoms with E-state index in [-0.39, 0.29) is 47.8 Å². The van der Waals surface area contributed by atoms with Crippen LogP contribution in [-0.2, 0) is 27.3 Å². The number of methoxy groups -OCH3 is 1. The zero-order valence-corrected chi connectivity index (χ0v) is 23.3. The Morgan fingerprint density at radius 2 is 1.95 bits per heavy atom. The van der Waals surface area contributed by atoms with Gasteiger partial charge in [-0.2, -0.15) is 13.2 Å². The molecule has 0 radical (unpaired) electrons. The summed E-state index contributed by atoms with van der Waals surface area (Å²) in [5, 5.41) is 4.80. The van der Waals surface area contributed by atoms with Crippen molar-refractivity contribution in [2.45, 2.75) is 44.4 Å². The summed E-state index contributed by atoms with van der Waals surface area (Å²) in [6.45, 7) is -0.284. The average molecular weight is 613 g/mol. The monoisotopic (exact) mass is 612 g/mol. The number of aromatic amines is 1. The van der Waals surface area contributed by atoms with Gasteiger partial charge in [-0.1, -0.05) is 6.08 Å². The highest BCUT2D eigenvalue weighted by molar-refractivity contribution is 5.96. The number of aromatic nitrogens is 3. The topological polar surface area (TPSA) is 138 Å². The fourth-order valence-corrected chi connectivity index (χ4v) is 3.98. The third-order valence-corrected chi connectivity index (χ3v) is 6.19. The van der Waals surface area contributed by atoms with Gasteiger partial charge in [-0.15, -0.1) is 0 Å². The van der Waals surface area contributed by atoms with Gasteiger partial charge >= 0.3 is 12.3 Å².